The summed E-state index contributed by atoms with van der Waals surface area (Å²) in [6, 6.07) is 0. The number of rotatable bonds is 4. The van der Waals surface area contributed by atoms with E-state index in [1.165, 1.54) is 6.33 Å². The van der Waals surface area contributed by atoms with Crippen molar-refractivity contribution < 1.29 is 8.78 Å². The van der Waals surface area contributed by atoms with Gasteiger partial charge in [-0.25, -0.2) is 15.0 Å². The summed E-state index contributed by atoms with van der Waals surface area (Å²) in [6.07, 6.45) is 3.10. The van der Waals surface area contributed by atoms with Gasteiger partial charge in [-0.2, -0.15) is 8.78 Å². The van der Waals surface area contributed by atoms with Gasteiger partial charge in [0.25, 0.3) is 6.08 Å². The number of hydrogen-bond donors (Lipinski definition) is 0. The van der Waals surface area contributed by atoms with Crippen LogP contribution < -0.4 is 0 Å². The molecule has 2 heterocycles. The van der Waals surface area contributed by atoms with Crippen molar-refractivity contribution in [2.45, 2.75) is 19.4 Å². The number of nitrogens with zero attached hydrogens (tertiary/aromatic N) is 4. The summed E-state index contributed by atoms with van der Waals surface area (Å²) < 4.78 is 25.4. The third-order valence-corrected chi connectivity index (χ3v) is 2.53. The molecular weight excluding hydrogens is 250 g/mol. The van der Waals surface area contributed by atoms with Crippen LogP contribution in [0.25, 0.3) is 11.2 Å². The lowest BCUT2D eigenvalue weighted by Crippen LogP contribution is -1.97. The lowest BCUT2D eigenvalue weighted by atomic mass is 10.3. The molecule has 7 heteroatoms. The van der Waals surface area contributed by atoms with Crippen molar-refractivity contribution in [3.05, 3.63) is 30.0 Å². The Labute approximate surface area is 101 Å². The molecule has 0 aromatic carbocycles. The van der Waals surface area contributed by atoms with E-state index in [1.807, 2.05) is 0 Å². The summed E-state index contributed by atoms with van der Waals surface area (Å²) >= 11 is 5.84. The SMILES string of the molecule is FC(F)=CCCCn1cnc2c(Cl)ncnc21. The normalized spacial score (nSPS) is 10.8. The summed E-state index contributed by atoms with van der Waals surface area (Å²) in [4.78, 5) is 11.9. The van der Waals surface area contributed by atoms with E-state index in [-0.39, 0.29) is 0 Å². The Bertz CT molecular complexity index is 548. The van der Waals surface area contributed by atoms with Crippen molar-refractivity contribution >= 4 is 22.8 Å². The van der Waals surface area contributed by atoms with Crippen LogP contribution in [0.1, 0.15) is 12.8 Å². The maximum absolute atomic E-state index is 11.8. The third kappa shape index (κ3) is 2.76. The third-order valence-electron chi connectivity index (χ3n) is 2.26. The summed E-state index contributed by atoms with van der Waals surface area (Å²) in [5.41, 5.74) is 1.15. The molecule has 0 fully saturated rings. The fourth-order valence-electron chi connectivity index (χ4n) is 1.49. The van der Waals surface area contributed by atoms with Crippen LogP contribution in [0.3, 0.4) is 0 Å². The van der Waals surface area contributed by atoms with E-state index < -0.39 is 6.08 Å². The molecule has 0 N–H and O–H groups in total. The highest BCUT2D eigenvalue weighted by atomic mass is 35.5. The summed E-state index contributed by atoms with van der Waals surface area (Å²) in [5.74, 6) is 0. The summed E-state index contributed by atoms with van der Waals surface area (Å²) in [7, 11) is 0. The first-order chi connectivity index (χ1) is 8.18. The van der Waals surface area contributed by atoms with Crippen LogP contribution in [0, 0.1) is 0 Å². The summed E-state index contributed by atoms with van der Waals surface area (Å²) in [6.45, 7) is 0.563. The molecule has 2 rings (SSSR count). The van der Waals surface area contributed by atoms with Crippen LogP contribution >= 0.6 is 11.6 Å². The predicted molar refractivity (Wildman–Crippen MR) is 59.9 cm³/mol. The van der Waals surface area contributed by atoms with Gasteiger partial charge in [-0.3, -0.25) is 0 Å². The van der Waals surface area contributed by atoms with E-state index in [0.29, 0.717) is 35.7 Å². The van der Waals surface area contributed by atoms with Crippen molar-refractivity contribution in [1.29, 1.82) is 0 Å². The fraction of sp³-hybridized carbons (Fsp3) is 0.300. The highest BCUT2D eigenvalue weighted by Gasteiger charge is 2.07. The van der Waals surface area contributed by atoms with Gasteiger partial charge in [-0.05, 0) is 18.9 Å². The Kier molecular flexibility index (Phi) is 3.63. The van der Waals surface area contributed by atoms with Gasteiger partial charge < -0.3 is 4.57 Å². The second-order valence-electron chi connectivity index (χ2n) is 3.41. The van der Waals surface area contributed by atoms with Crippen LogP contribution in [0.15, 0.2) is 24.8 Å². The van der Waals surface area contributed by atoms with E-state index in [0.717, 1.165) is 6.08 Å². The lowest BCUT2D eigenvalue weighted by molar-refractivity contribution is 0.416. The topological polar surface area (TPSA) is 43.6 Å². The number of fused-ring (bicyclic) bond motifs is 1. The average Bonchev–Trinajstić information content (AvgIpc) is 2.69. The molecule has 0 aliphatic carbocycles. The van der Waals surface area contributed by atoms with Crippen LogP contribution in [0.4, 0.5) is 8.78 Å². The van der Waals surface area contributed by atoms with Gasteiger partial charge >= 0.3 is 0 Å². The number of halogens is 3. The Balaban J connectivity index is 2.09. The van der Waals surface area contributed by atoms with E-state index >= 15 is 0 Å². The molecule has 0 bridgehead atoms. The Hall–Kier alpha value is -1.56. The molecule has 0 unspecified atom stereocenters. The molecule has 2 aromatic heterocycles. The molecule has 0 amide bonds. The molecule has 0 spiro atoms. The van der Waals surface area contributed by atoms with Gasteiger partial charge in [0, 0.05) is 6.54 Å². The van der Waals surface area contributed by atoms with E-state index in [1.54, 1.807) is 10.9 Å². The predicted octanol–water partition coefficient (Wildman–Crippen LogP) is 3.04. The number of hydrogen-bond acceptors (Lipinski definition) is 3. The van der Waals surface area contributed by atoms with Gasteiger partial charge in [0.15, 0.2) is 10.8 Å². The first-order valence-electron chi connectivity index (χ1n) is 5.01. The first kappa shape index (κ1) is 11.9. The molecule has 0 atom stereocenters. The van der Waals surface area contributed by atoms with Crippen LogP contribution in [-0.2, 0) is 6.54 Å². The Morgan fingerprint density at radius 3 is 2.94 bits per heavy atom. The highest BCUT2D eigenvalue weighted by molar-refractivity contribution is 6.33. The molecule has 0 radical (unpaired) electrons. The quantitative estimate of drug-likeness (QED) is 0.625. The van der Waals surface area contributed by atoms with Crippen molar-refractivity contribution in [1.82, 2.24) is 19.5 Å². The minimum atomic E-state index is -1.65. The minimum Gasteiger partial charge on any atom is -0.315 e. The molecule has 17 heavy (non-hydrogen) atoms. The molecule has 0 saturated carbocycles. The van der Waals surface area contributed by atoms with Crippen LogP contribution in [0.5, 0.6) is 0 Å². The monoisotopic (exact) mass is 258 g/mol. The maximum atomic E-state index is 11.8. The maximum Gasteiger partial charge on any atom is 0.266 e. The van der Waals surface area contributed by atoms with E-state index in [9.17, 15) is 8.78 Å². The standard InChI is InChI=1S/C10H9ClF2N4/c11-9-8-10(15-5-14-9)17(6-16-8)4-2-1-3-7(12)13/h3,5-6H,1-2,4H2. The van der Waals surface area contributed by atoms with Crippen molar-refractivity contribution in [3.8, 4) is 0 Å². The second-order valence-corrected chi connectivity index (χ2v) is 3.77. The van der Waals surface area contributed by atoms with Gasteiger partial charge in [-0.1, -0.05) is 11.6 Å². The van der Waals surface area contributed by atoms with Crippen molar-refractivity contribution in [2.75, 3.05) is 0 Å². The second kappa shape index (κ2) is 5.18. The molecule has 0 aliphatic heterocycles. The zero-order valence-electron chi connectivity index (χ0n) is 8.78. The zero-order valence-corrected chi connectivity index (χ0v) is 9.53. The van der Waals surface area contributed by atoms with Gasteiger partial charge in [-0.15, -0.1) is 0 Å². The van der Waals surface area contributed by atoms with Gasteiger partial charge in [0.05, 0.1) is 6.33 Å². The number of unbranched alkanes of at least 4 members (excludes halogenated alkanes) is 1. The van der Waals surface area contributed by atoms with Crippen LogP contribution in [-0.4, -0.2) is 19.5 Å². The van der Waals surface area contributed by atoms with Gasteiger partial charge in [0.1, 0.15) is 11.8 Å². The Morgan fingerprint density at radius 1 is 1.35 bits per heavy atom. The number of imidazole rings is 1. The van der Waals surface area contributed by atoms with Crippen LogP contribution in [0.2, 0.25) is 5.15 Å². The molecule has 0 saturated heterocycles. The average molecular weight is 259 g/mol. The molecule has 4 nitrogen and oxygen atoms in total. The largest absolute Gasteiger partial charge is 0.315 e. The smallest absolute Gasteiger partial charge is 0.266 e. The minimum absolute atomic E-state index is 0.295. The molecule has 2 aromatic rings. The van der Waals surface area contributed by atoms with Crippen molar-refractivity contribution in [3.63, 3.8) is 0 Å². The Morgan fingerprint density at radius 2 is 2.18 bits per heavy atom. The number of allylic oxidation sites excluding steroid dienone is 1. The fourth-order valence-corrected chi connectivity index (χ4v) is 1.67. The number of aryl methyl sites for hydroxylation is 1. The molecule has 90 valence electrons. The van der Waals surface area contributed by atoms with Gasteiger partial charge in [0.2, 0.25) is 0 Å². The molecular formula is C10H9ClF2N4. The highest BCUT2D eigenvalue weighted by Crippen LogP contribution is 2.17. The lowest BCUT2D eigenvalue weighted by Gasteiger charge is -2.01. The van der Waals surface area contributed by atoms with Crippen molar-refractivity contribution in [2.24, 2.45) is 0 Å². The first-order valence-corrected chi connectivity index (χ1v) is 5.39. The van der Waals surface area contributed by atoms with E-state index in [2.05, 4.69) is 15.0 Å². The number of aromatic nitrogens is 4. The zero-order chi connectivity index (χ0) is 12.3. The van der Waals surface area contributed by atoms with E-state index in [4.69, 9.17) is 11.6 Å². The molecule has 0 aliphatic rings. The summed E-state index contributed by atoms with van der Waals surface area (Å²) in [5, 5.41) is 0.295.